The lowest BCUT2D eigenvalue weighted by atomic mass is 10.00. The molecule has 4 atom stereocenters. The molecule has 0 heterocycles. The Balaban J connectivity index is 1.76. The molecule has 2 aliphatic carbocycles. The fraction of sp³-hybridized carbons (Fsp3) is 0.917. The summed E-state index contributed by atoms with van der Waals surface area (Å²) in [5.74, 6) is 2.31. The Morgan fingerprint density at radius 3 is 2.47 bits per heavy atom. The van der Waals surface area contributed by atoms with Gasteiger partial charge in [0.05, 0.1) is 0 Å². The van der Waals surface area contributed by atoms with Crippen molar-refractivity contribution < 1.29 is 9.90 Å². The molecule has 4 unspecified atom stereocenters. The van der Waals surface area contributed by atoms with Crippen LogP contribution in [0.25, 0.3) is 0 Å². The zero-order chi connectivity index (χ0) is 11.0. The Labute approximate surface area is 91.2 Å². The third-order valence-corrected chi connectivity index (χ3v) is 4.13. The van der Waals surface area contributed by atoms with E-state index in [2.05, 4.69) is 5.32 Å². The topological polar surface area (TPSA) is 49.3 Å². The molecule has 0 aliphatic heterocycles. The minimum absolute atomic E-state index is 0.0828. The molecule has 2 N–H and O–H groups in total. The molecule has 2 saturated carbocycles. The molecule has 0 radical (unpaired) electrons. The van der Waals surface area contributed by atoms with Crippen LogP contribution in [0.3, 0.4) is 0 Å². The molecule has 0 saturated heterocycles. The molecular weight excluding hydrogens is 190 g/mol. The van der Waals surface area contributed by atoms with E-state index in [9.17, 15) is 4.79 Å². The number of hydrogen-bond donors (Lipinski definition) is 2. The van der Waals surface area contributed by atoms with E-state index in [1.54, 1.807) is 0 Å². The summed E-state index contributed by atoms with van der Waals surface area (Å²) in [4.78, 5) is 11.8. The first-order chi connectivity index (χ1) is 7.11. The molecule has 2 rings (SSSR count). The summed E-state index contributed by atoms with van der Waals surface area (Å²) in [6.07, 6.45) is 3.54. The number of nitrogens with one attached hydrogen (secondary N) is 1. The van der Waals surface area contributed by atoms with Crippen LogP contribution in [0.2, 0.25) is 0 Å². The predicted molar refractivity (Wildman–Crippen MR) is 58.2 cm³/mol. The molecule has 3 nitrogen and oxygen atoms in total. The van der Waals surface area contributed by atoms with Gasteiger partial charge in [0.2, 0.25) is 5.91 Å². The van der Waals surface area contributed by atoms with Crippen molar-refractivity contribution in [1.29, 1.82) is 0 Å². The molecule has 15 heavy (non-hydrogen) atoms. The normalized spacial score (nSPS) is 36.9. The summed E-state index contributed by atoms with van der Waals surface area (Å²) >= 11 is 0. The molecule has 2 fully saturated rings. The summed E-state index contributed by atoms with van der Waals surface area (Å²) < 4.78 is 0. The van der Waals surface area contributed by atoms with Crippen molar-refractivity contribution in [3.05, 3.63) is 0 Å². The van der Waals surface area contributed by atoms with E-state index >= 15 is 0 Å². The number of carbonyl (C=O) groups excluding carboxylic acids is 1. The van der Waals surface area contributed by atoms with E-state index in [4.69, 9.17) is 5.11 Å². The Bertz CT molecular complexity index is 244. The highest BCUT2D eigenvalue weighted by Crippen LogP contribution is 2.54. The van der Waals surface area contributed by atoms with Crippen LogP contribution in [0.5, 0.6) is 0 Å². The van der Waals surface area contributed by atoms with E-state index in [1.807, 2.05) is 13.8 Å². The zero-order valence-electron chi connectivity index (χ0n) is 9.57. The van der Waals surface area contributed by atoms with Crippen LogP contribution in [0.1, 0.15) is 33.1 Å². The molecule has 0 bridgehead atoms. The lowest BCUT2D eigenvalue weighted by Gasteiger charge is -2.21. The number of hydrogen-bond acceptors (Lipinski definition) is 2. The highest BCUT2D eigenvalue weighted by atomic mass is 16.3. The number of amides is 1. The van der Waals surface area contributed by atoms with Crippen molar-refractivity contribution in [2.75, 3.05) is 6.61 Å². The van der Waals surface area contributed by atoms with Gasteiger partial charge in [-0.3, -0.25) is 4.79 Å². The highest BCUT2D eigenvalue weighted by molar-refractivity contribution is 5.79. The molecule has 0 spiro atoms. The molecule has 3 heteroatoms. The van der Waals surface area contributed by atoms with Gasteiger partial charge in [-0.05, 0) is 43.9 Å². The lowest BCUT2D eigenvalue weighted by Crippen LogP contribution is -2.41. The van der Waals surface area contributed by atoms with Crippen LogP contribution in [-0.4, -0.2) is 23.7 Å². The van der Waals surface area contributed by atoms with Crippen LogP contribution >= 0.6 is 0 Å². The van der Waals surface area contributed by atoms with Crippen molar-refractivity contribution in [2.45, 2.75) is 39.2 Å². The van der Waals surface area contributed by atoms with Gasteiger partial charge in [-0.2, -0.15) is 0 Å². The zero-order valence-corrected chi connectivity index (χ0v) is 9.57. The second-order valence-corrected chi connectivity index (χ2v) is 5.38. The number of carbonyl (C=O) groups is 1. The van der Waals surface area contributed by atoms with Crippen LogP contribution in [0.15, 0.2) is 0 Å². The maximum Gasteiger partial charge on any atom is 0.223 e. The van der Waals surface area contributed by atoms with E-state index < -0.39 is 0 Å². The molecule has 0 aromatic heterocycles. The number of rotatable bonds is 4. The van der Waals surface area contributed by atoms with Gasteiger partial charge in [0.1, 0.15) is 0 Å². The Kier molecular flexibility index (Phi) is 3.01. The van der Waals surface area contributed by atoms with Gasteiger partial charge in [-0.1, -0.05) is 6.92 Å². The van der Waals surface area contributed by atoms with Gasteiger partial charge in [-0.25, -0.2) is 0 Å². The van der Waals surface area contributed by atoms with E-state index in [1.165, 1.54) is 6.42 Å². The second-order valence-electron chi connectivity index (χ2n) is 5.38. The summed E-state index contributed by atoms with van der Waals surface area (Å²) in [5.41, 5.74) is 0. The van der Waals surface area contributed by atoms with Crippen molar-refractivity contribution in [3.63, 3.8) is 0 Å². The minimum Gasteiger partial charge on any atom is -0.396 e. The van der Waals surface area contributed by atoms with E-state index in [0.29, 0.717) is 0 Å². The largest absolute Gasteiger partial charge is 0.396 e. The van der Waals surface area contributed by atoms with Gasteiger partial charge < -0.3 is 10.4 Å². The first-order valence-electron chi connectivity index (χ1n) is 6.03. The summed E-state index contributed by atoms with van der Waals surface area (Å²) in [6, 6.07) is 0.0828. The predicted octanol–water partition coefficient (Wildman–Crippen LogP) is 1.17. The van der Waals surface area contributed by atoms with Gasteiger partial charge in [0.25, 0.3) is 0 Å². The summed E-state index contributed by atoms with van der Waals surface area (Å²) in [6.45, 7) is 4.06. The lowest BCUT2D eigenvalue weighted by molar-refractivity contribution is -0.126. The van der Waals surface area contributed by atoms with Crippen molar-refractivity contribution in [1.82, 2.24) is 5.32 Å². The Morgan fingerprint density at radius 1 is 1.33 bits per heavy atom. The summed E-state index contributed by atoms with van der Waals surface area (Å²) in [7, 11) is 0. The average Bonchev–Trinajstić information content (AvgIpc) is 2.84. The SMILES string of the molecule is CC(CO)C(C)NC(=O)C1CC2CC2C1. The molecule has 1 amide bonds. The smallest absolute Gasteiger partial charge is 0.223 e. The summed E-state index contributed by atoms with van der Waals surface area (Å²) in [5, 5.41) is 12.0. The molecule has 2 aliphatic rings. The quantitative estimate of drug-likeness (QED) is 0.733. The van der Waals surface area contributed by atoms with Crippen LogP contribution in [-0.2, 0) is 4.79 Å². The first kappa shape index (κ1) is 10.9. The van der Waals surface area contributed by atoms with Gasteiger partial charge in [0.15, 0.2) is 0 Å². The second kappa shape index (κ2) is 4.12. The average molecular weight is 211 g/mol. The van der Waals surface area contributed by atoms with Crippen molar-refractivity contribution in [2.24, 2.45) is 23.7 Å². The third-order valence-electron chi connectivity index (χ3n) is 4.13. The maximum absolute atomic E-state index is 11.8. The Morgan fingerprint density at radius 2 is 1.93 bits per heavy atom. The fourth-order valence-corrected chi connectivity index (χ4v) is 2.57. The number of fused-ring (bicyclic) bond motifs is 1. The monoisotopic (exact) mass is 211 g/mol. The van der Waals surface area contributed by atoms with E-state index in [-0.39, 0.29) is 30.4 Å². The standard InChI is InChI=1S/C12H21NO2/c1-7(6-14)8(2)13-12(15)11-4-9-3-10(9)5-11/h7-11,14H,3-6H2,1-2H3,(H,13,15). The maximum atomic E-state index is 11.8. The first-order valence-corrected chi connectivity index (χ1v) is 6.03. The molecular formula is C12H21NO2. The number of aliphatic hydroxyl groups excluding tert-OH is 1. The number of aliphatic hydroxyl groups is 1. The molecule has 86 valence electrons. The van der Waals surface area contributed by atoms with E-state index in [0.717, 1.165) is 24.7 Å². The minimum atomic E-state index is 0.0828. The van der Waals surface area contributed by atoms with Gasteiger partial charge >= 0.3 is 0 Å². The molecule has 0 aromatic rings. The van der Waals surface area contributed by atoms with Crippen molar-refractivity contribution >= 4 is 5.91 Å². The molecule has 0 aromatic carbocycles. The van der Waals surface area contributed by atoms with Crippen LogP contribution in [0.4, 0.5) is 0 Å². The van der Waals surface area contributed by atoms with Crippen LogP contribution in [0, 0.1) is 23.7 Å². The van der Waals surface area contributed by atoms with Gasteiger partial charge in [-0.15, -0.1) is 0 Å². The van der Waals surface area contributed by atoms with Crippen LogP contribution < -0.4 is 5.32 Å². The highest BCUT2D eigenvalue weighted by Gasteiger charge is 2.48. The third kappa shape index (κ3) is 2.33. The van der Waals surface area contributed by atoms with Crippen molar-refractivity contribution in [3.8, 4) is 0 Å². The van der Waals surface area contributed by atoms with Gasteiger partial charge in [0, 0.05) is 18.6 Å². The fourth-order valence-electron chi connectivity index (χ4n) is 2.57. The Hall–Kier alpha value is -0.570.